The van der Waals surface area contributed by atoms with Crippen LogP contribution in [0.1, 0.15) is 61.4 Å². The summed E-state index contributed by atoms with van der Waals surface area (Å²) in [6.45, 7) is 3.74. The van der Waals surface area contributed by atoms with Crippen LogP contribution in [0.4, 0.5) is 5.82 Å². The molecule has 0 saturated carbocycles. The fourth-order valence-electron chi connectivity index (χ4n) is 5.02. The number of amides is 1. The summed E-state index contributed by atoms with van der Waals surface area (Å²) in [5.74, 6) is 0.0154. The third kappa shape index (κ3) is 7.94. The third-order valence-corrected chi connectivity index (χ3v) is 6.88. The minimum atomic E-state index is -0.913. The molecule has 0 unspecified atom stereocenters. The fourth-order valence-corrected chi connectivity index (χ4v) is 5.02. The summed E-state index contributed by atoms with van der Waals surface area (Å²) < 4.78 is 0. The summed E-state index contributed by atoms with van der Waals surface area (Å²) in [5, 5.41) is 15.7. The molecule has 2 aliphatic rings. The minimum absolute atomic E-state index is 0. The van der Waals surface area contributed by atoms with Crippen molar-refractivity contribution < 1.29 is 14.7 Å². The van der Waals surface area contributed by atoms with Gasteiger partial charge in [0.05, 0.1) is 18.4 Å². The van der Waals surface area contributed by atoms with E-state index in [1.54, 1.807) is 0 Å². The van der Waals surface area contributed by atoms with Crippen molar-refractivity contribution in [1.29, 1.82) is 0 Å². The van der Waals surface area contributed by atoms with E-state index >= 15 is 0 Å². The normalized spacial score (nSPS) is 18.5. The number of aliphatic carboxylic acids is 1. The Morgan fingerprint density at radius 3 is 2.77 bits per heavy atom. The number of carboxylic acid groups (broad SMARTS) is 1. The van der Waals surface area contributed by atoms with Gasteiger partial charge >= 0.3 is 5.97 Å². The molecule has 3 N–H and O–H groups in total. The summed E-state index contributed by atoms with van der Waals surface area (Å²) >= 11 is 0. The summed E-state index contributed by atoms with van der Waals surface area (Å²) in [7, 11) is 0. The van der Waals surface area contributed by atoms with Gasteiger partial charge in [-0.05, 0) is 75.2 Å². The summed E-state index contributed by atoms with van der Waals surface area (Å²) in [5.41, 5.74) is 3.30. The second-order valence-corrected chi connectivity index (χ2v) is 9.51. The van der Waals surface area contributed by atoms with Crippen molar-refractivity contribution >= 4 is 30.1 Å². The number of nitrogens with zero attached hydrogens (tertiary/aromatic N) is 2. The van der Waals surface area contributed by atoms with Gasteiger partial charge in [-0.2, -0.15) is 0 Å². The first kappa shape index (κ1) is 27.0. The van der Waals surface area contributed by atoms with E-state index in [9.17, 15) is 14.7 Å². The van der Waals surface area contributed by atoms with Gasteiger partial charge in [-0.1, -0.05) is 36.4 Å². The van der Waals surface area contributed by atoms with Gasteiger partial charge in [-0.3, -0.25) is 9.59 Å². The van der Waals surface area contributed by atoms with Crippen LogP contribution in [0.2, 0.25) is 0 Å². The SMILES string of the molecule is Cl.O=C(O)C[C@H](NC(=O)[C@@H]1CCCN(CCCCc2ccc3c(n2)NCCC3)C1)c1ccccc1. The van der Waals surface area contributed by atoms with Crippen LogP contribution < -0.4 is 10.6 Å². The van der Waals surface area contributed by atoms with E-state index in [1.165, 1.54) is 12.0 Å². The average Bonchev–Trinajstić information content (AvgIpc) is 2.86. The molecule has 35 heavy (non-hydrogen) atoms. The number of anilines is 1. The maximum absolute atomic E-state index is 13.0. The molecule has 3 heterocycles. The molecule has 1 saturated heterocycles. The molecule has 0 radical (unpaired) electrons. The maximum Gasteiger partial charge on any atom is 0.305 e. The molecular formula is C27H37ClN4O3. The van der Waals surface area contributed by atoms with E-state index < -0.39 is 12.0 Å². The Hall–Kier alpha value is -2.64. The Morgan fingerprint density at radius 1 is 1.14 bits per heavy atom. The van der Waals surface area contributed by atoms with Crippen LogP contribution in [0, 0.1) is 5.92 Å². The number of rotatable bonds is 10. The first-order valence-corrected chi connectivity index (χ1v) is 12.6. The predicted octanol–water partition coefficient (Wildman–Crippen LogP) is 4.23. The summed E-state index contributed by atoms with van der Waals surface area (Å²) in [6.07, 6.45) is 7.14. The lowest BCUT2D eigenvalue weighted by Crippen LogP contribution is -2.44. The number of unbranched alkanes of at least 4 members (excludes halogenated alkanes) is 1. The van der Waals surface area contributed by atoms with E-state index in [4.69, 9.17) is 4.98 Å². The van der Waals surface area contributed by atoms with E-state index in [0.29, 0.717) is 0 Å². The number of aromatic nitrogens is 1. The monoisotopic (exact) mass is 500 g/mol. The van der Waals surface area contributed by atoms with Gasteiger partial charge in [0.15, 0.2) is 0 Å². The molecule has 190 valence electrons. The quantitative estimate of drug-likeness (QED) is 0.423. The second kappa shape index (κ2) is 13.4. The van der Waals surface area contributed by atoms with Gasteiger partial charge in [0.1, 0.15) is 5.82 Å². The number of benzene rings is 1. The Bertz CT molecular complexity index is 972. The van der Waals surface area contributed by atoms with Crippen molar-refractivity contribution in [1.82, 2.24) is 15.2 Å². The zero-order valence-electron chi connectivity index (χ0n) is 20.2. The number of pyridine rings is 1. The number of fused-ring (bicyclic) bond motifs is 1. The highest BCUT2D eigenvalue weighted by atomic mass is 35.5. The van der Waals surface area contributed by atoms with Crippen molar-refractivity contribution in [3.8, 4) is 0 Å². The molecule has 1 aromatic heterocycles. The van der Waals surface area contributed by atoms with Crippen LogP contribution in [0.25, 0.3) is 0 Å². The van der Waals surface area contributed by atoms with Crippen LogP contribution in [-0.2, 0) is 22.4 Å². The van der Waals surface area contributed by atoms with Crippen molar-refractivity contribution in [2.24, 2.45) is 5.92 Å². The Labute approximate surface area is 214 Å². The molecule has 1 fully saturated rings. The fraction of sp³-hybridized carbons (Fsp3) is 0.519. The van der Waals surface area contributed by atoms with Gasteiger partial charge in [0.25, 0.3) is 0 Å². The summed E-state index contributed by atoms with van der Waals surface area (Å²) in [4.78, 5) is 31.5. The molecule has 0 bridgehead atoms. The van der Waals surface area contributed by atoms with E-state index in [1.807, 2.05) is 30.3 Å². The van der Waals surface area contributed by atoms with E-state index in [2.05, 4.69) is 27.7 Å². The van der Waals surface area contributed by atoms with Crippen LogP contribution in [-0.4, -0.2) is 53.0 Å². The highest BCUT2D eigenvalue weighted by molar-refractivity contribution is 5.85. The number of carbonyl (C=O) groups excluding carboxylic acids is 1. The molecule has 1 amide bonds. The molecular weight excluding hydrogens is 464 g/mol. The molecule has 2 aromatic rings. The zero-order valence-corrected chi connectivity index (χ0v) is 21.1. The predicted molar refractivity (Wildman–Crippen MR) is 140 cm³/mol. The largest absolute Gasteiger partial charge is 0.481 e. The van der Waals surface area contributed by atoms with Gasteiger partial charge in [0, 0.05) is 18.8 Å². The van der Waals surface area contributed by atoms with Crippen LogP contribution in [0.15, 0.2) is 42.5 Å². The molecule has 2 atom stereocenters. The van der Waals surface area contributed by atoms with E-state index in [0.717, 1.165) is 81.8 Å². The average molecular weight is 501 g/mol. The molecule has 7 nitrogen and oxygen atoms in total. The molecule has 4 rings (SSSR count). The number of hydrogen-bond donors (Lipinski definition) is 3. The van der Waals surface area contributed by atoms with Gasteiger partial charge in [0.2, 0.25) is 5.91 Å². The van der Waals surface area contributed by atoms with Crippen LogP contribution in [0.3, 0.4) is 0 Å². The number of carbonyl (C=O) groups is 2. The number of carboxylic acids is 1. The number of aryl methyl sites for hydroxylation is 2. The van der Waals surface area contributed by atoms with Gasteiger partial charge in [-0.15, -0.1) is 12.4 Å². The van der Waals surface area contributed by atoms with E-state index in [-0.39, 0.29) is 30.7 Å². The molecule has 0 spiro atoms. The molecule has 2 aliphatic heterocycles. The van der Waals surface area contributed by atoms with Crippen molar-refractivity contribution in [2.45, 2.75) is 57.4 Å². The first-order chi connectivity index (χ1) is 16.6. The van der Waals surface area contributed by atoms with Crippen molar-refractivity contribution in [2.75, 3.05) is 31.5 Å². The van der Waals surface area contributed by atoms with Crippen molar-refractivity contribution in [3.63, 3.8) is 0 Å². The maximum atomic E-state index is 13.0. The zero-order chi connectivity index (χ0) is 23.8. The lowest BCUT2D eigenvalue weighted by Gasteiger charge is -2.33. The molecule has 0 aliphatic carbocycles. The number of likely N-dealkylation sites (tertiary alicyclic amines) is 1. The molecule has 1 aromatic carbocycles. The Morgan fingerprint density at radius 2 is 1.97 bits per heavy atom. The smallest absolute Gasteiger partial charge is 0.305 e. The first-order valence-electron chi connectivity index (χ1n) is 12.6. The topological polar surface area (TPSA) is 94.6 Å². The standard InChI is InChI=1S/C27H36N4O3.ClH/c32-25(33)18-24(20-8-2-1-3-9-20)30-27(34)22-11-7-17-31(19-22)16-5-4-12-23-14-13-21-10-6-15-28-26(21)29-23;/h1-3,8-9,13-14,22,24H,4-7,10-12,15-19H2,(H,28,29)(H,30,34)(H,32,33);1H/t22-,24+;/m1./s1. The number of hydrogen-bond acceptors (Lipinski definition) is 5. The Kier molecular flexibility index (Phi) is 10.4. The summed E-state index contributed by atoms with van der Waals surface area (Å²) in [6, 6.07) is 13.2. The van der Waals surface area contributed by atoms with Crippen LogP contribution >= 0.6 is 12.4 Å². The number of halogens is 1. The number of piperidine rings is 1. The lowest BCUT2D eigenvalue weighted by molar-refractivity contribution is -0.138. The number of nitrogens with one attached hydrogen (secondary N) is 2. The molecule has 8 heteroatoms. The van der Waals surface area contributed by atoms with Crippen LogP contribution in [0.5, 0.6) is 0 Å². The minimum Gasteiger partial charge on any atom is -0.481 e. The highest BCUT2D eigenvalue weighted by Gasteiger charge is 2.28. The van der Waals surface area contributed by atoms with Crippen molar-refractivity contribution in [3.05, 3.63) is 59.3 Å². The highest BCUT2D eigenvalue weighted by Crippen LogP contribution is 2.23. The second-order valence-electron chi connectivity index (χ2n) is 9.51. The van der Waals surface area contributed by atoms with Gasteiger partial charge in [-0.25, -0.2) is 4.98 Å². The van der Waals surface area contributed by atoms with Gasteiger partial charge < -0.3 is 20.6 Å². The Balaban J connectivity index is 0.00000342. The third-order valence-electron chi connectivity index (χ3n) is 6.88. The lowest BCUT2D eigenvalue weighted by atomic mass is 9.95.